The second kappa shape index (κ2) is 5.54. The predicted octanol–water partition coefficient (Wildman–Crippen LogP) is 1.64. The molecule has 0 bridgehead atoms. The Bertz CT molecular complexity index is 414. The maximum absolute atomic E-state index is 12.3. The second-order valence-corrected chi connectivity index (χ2v) is 5.16. The van der Waals surface area contributed by atoms with E-state index < -0.39 is 0 Å². The van der Waals surface area contributed by atoms with E-state index in [2.05, 4.69) is 15.8 Å². The molecule has 2 amide bonds. The molecule has 19 heavy (non-hydrogen) atoms. The number of amides is 2. The van der Waals surface area contributed by atoms with Gasteiger partial charge in [0.15, 0.2) is 0 Å². The molecule has 6 heteroatoms. The van der Waals surface area contributed by atoms with Crippen molar-refractivity contribution in [2.75, 3.05) is 0 Å². The minimum atomic E-state index is -0.205. The lowest BCUT2D eigenvalue weighted by molar-refractivity contribution is 0.00267. The number of hydrazine groups is 2. The summed E-state index contributed by atoms with van der Waals surface area (Å²) in [6.07, 6.45) is 1.54. The molecule has 0 saturated carbocycles. The lowest BCUT2D eigenvalue weighted by Gasteiger charge is -2.44. The van der Waals surface area contributed by atoms with Crippen LogP contribution in [0.2, 0.25) is 0 Å². The van der Waals surface area contributed by atoms with Crippen LogP contribution < -0.4 is 10.9 Å². The number of carbonyl (C=O) groups is 1. The highest BCUT2D eigenvalue weighted by atomic mass is 16.2. The second-order valence-electron chi connectivity index (χ2n) is 5.16. The average Bonchev–Trinajstić information content (AvgIpc) is 2.39. The Morgan fingerprint density at radius 3 is 2.11 bits per heavy atom. The Hall–Kier alpha value is -1.66. The normalized spacial score (nSPS) is 17.7. The van der Waals surface area contributed by atoms with Gasteiger partial charge in [-0.1, -0.05) is 6.07 Å². The molecule has 2 heterocycles. The Labute approximate surface area is 113 Å². The van der Waals surface area contributed by atoms with Crippen molar-refractivity contribution in [1.82, 2.24) is 25.9 Å². The number of carbonyl (C=O) groups excluding carboxylic acids is 1. The first-order valence-electron chi connectivity index (χ1n) is 6.56. The van der Waals surface area contributed by atoms with Gasteiger partial charge < -0.3 is 0 Å². The molecular formula is C13H21N5O. The maximum Gasteiger partial charge on any atom is 0.349 e. The van der Waals surface area contributed by atoms with E-state index in [0.29, 0.717) is 0 Å². The highest BCUT2D eigenvalue weighted by Crippen LogP contribution is 2.17. The lowest BCUT2D eigenvalue weighted by Crippen LogP contribution is -2.67. The van der Waals surface area contributed by atoms with E-state index >= 15 is 0 Å². The van der Waals surface area contributed by atoms with Crippen molar-refractivity contribution in [3.05, 3.63) is 30.1 Å². The van der Waals surface area contributed by atoms with Gasteiger partial charge in [-0.15, -0.1) is 0 Å². The van der Waals surface area contributed by atoms with Crippen molar-refractivity contribution in [3.8, 4) is 0 Å². The Morgan fingerprint density at radius 2 is 1.68 bits per heavy atom. The summed E-state index contributed by atoms with van der Waals surface area (Å²) in [4.78, 5) is 16.6. The van der Waals surface area contributed by atoms with E-state index in [9.17, 15) is 4.79 Å². The van der Waals surface area contributed by atoms with Crippen molar-refractivity contribution >= 4 is 6.03 Å². The number of hydrogen-bond acceptors (Lipinski definition) is 4. The average molecular weight is 263 g/mol. The zero-order valence-corrected chi connectivity index (χ0v) is 11.8. The summed E-state index contributed by atoms with van der Waals surface area (Å²) in [5, 5.41) is 3.27. The van der Waals surface area contributed by atoms with E-state index in [0.717, 1.165) is 5.69 Å². The Kier molecular flexibility index (Phi) is 4.01. The fourth-order valence-corrected chi connectivity index (χ4v) is 1.95. The van der Waals surface area contributed by atoms with Gasteiger partial charge in [-0.05, 0) is 39.8 Å². The molecule has 0 aromatic carbocycles. The number of nitrogens with zero attached hydrogens (tertiary/aromatic N) is 3. The summed E-state index contributed by atoms with van der Waals surface area (Å²) >= 11 is 0. The van der Waals surface area contributed by atoms with Gasteiger partial charge in [0.2, 0.25) is 0 Å². The van der Waals surface area contributed by atoms with E-state index in [1.54, 1.807) is 16.2 Å². The highest BCUT2D eigenvalue weighted by Gasteiger charge is 2.34. The number of rotatable bonds is 3. The summed E-state index contributed by atoms with van der Waals surface area (Å²) in [7, 11) is 0. The molecule has 2 rings (SSSR count). The number of nitrogens with one attached hydrogen (secondary N) is 2. The molecule has 1 aromatic rings. The first-order chi connectivity index (χ1) is 9.00. The van der Waals surface area contributed by atoms with Crippen LogP contribution >= 0.6 is 0 Å². The minimum absolute atomic E-state index is 0.0714. The molecule has 1 fully saturated rings. The number of aromatic nitrogens is 1. The van der Waals surface area contributed by atoms with Crippen LogP contribution in [0.25, 0.3) is 0 Å². The molecule has 2 N–H and O–H groups in total. The molecule has 0 atom stereocenters. The van der Waals surface area contributed by atoms with E-state index in [1.807, 2.05) is 45.9 Å². The van der Waals surface area contributed by atoms with Crippen LogP contribution in [0.4, 0.5) is 4.79 Å². The fourth-order valence-electron chi connectivity index (χ4n) is 1.95. The molecular weight excluding hydrogens is 242 g/mol. The molecule has 1 aliphatic rings. The summed E-state index contributed by atoms with van der Waals surface area (Å²) in [6, 6.07) is 5.80. The molecule has 0 spiro atoms. The molecule has 1 aliphatic heterocycles. The summed E-state index contributed by atoms with van der Waals surface area (Å²) < 4.78 is 0. The third-order valence-corrected chi connectivity index (χ3v) is 2.96. The van der Waals surface area contributed by atoms with Crippen LogP contribution in [0.5, 0.6) is 0 Å². The third kappa shape index (κ3) is 2.85. The first kappa shape index (κ1) is 13.8. The van der Waals surface area contributed by atoms with E-state index in [1.165, 1.54) is 0 Å². The monoisotopic (exact) mass is 263 g/mol. The van der Waals surface area contributed by atoms with Crippen molar-refractivity contribution in [1.29, 1.82) is 0 Å². The predicted molar refractivity (Wildman–Crippen MR) is 72.6 cm³/mol. The highest BCUT2D eigenvalue weighted by molar-refractivity contribution is 5.74. The third-order valence-electron chi connectivity index (χ3n) is 2.96. The van der Waals surface area contributed by atoms with Gasteiger partial charge in [-0.3, -0.25) is 15.0 Å². The Morgan fingerprint density at radius 1 is 1.11 bits per heavy atom. The quantitative estimate of drug-likeness (QED) is 0.870. The van der Waals surface area contributed by atoms with Crippen molar-refractivity contribution < 1.29 is 4.79 Å². The fraction of sp³-hybridized carbons (Fsp3) is 0.538. The van der Waals surface area contributed by atoms with Crippen LogP contribution in [0.1, 0.15) is 39.6 Å². The largest absolute Gasteiger partial charge is 0.349 e. The SMILES string of the molecule is CC(C)N1NC(c2ccccn2)NN(C(C)C)C1=O. The molecule has 0 unspecified atom stereocenters. The van der Waals surface area contributed by atoms with Crippen molar-refractivity contribution in [2.24, 2.45) is 0 Å². The molecule has 1 aromatic heterocycles. The van der Waals surface area contributed by atoms with E-state index in [-0.39, 0.29) is 24.3 Å². The molecule has 6 nitrogen and oxygen atoms in total. The molecule has 104 valence electrons. The smallest absolute Gasteiger partial charge is 0.258 e. The van der Waals surface area contributed by atoms with Gasteiger partial charge in [0.05, 0.1) is 5.69 Å². The summed E-state index contributed by atoms with van der Waals surface area (Å²) in [5.74, 6) is 0. The van der Waals surface area contributed by atoms with Gasteiger partial charge in [0.25, 0.3) is 0 Å². The zero-order chi connectivity index (χ0) is 14.0. The molecule has 1 saturated heterocycles. The van der Waals surface area contributed by atoms with Gasteiger partial charge in [0.1, 0.15) is 6.17 Å². The van der Waals surface area contributed by atoms with Crippen LogP contribution in [0, 0.1) is 0 Å². The van der Waals surface area contributed by atoms with Gasteiger partial charge in [-0.25, -0.2) is 15.6 Å². The first-order valence-corrected chi connectivity index (χ1v) is 6.56. The zero-order valence-electron chi connectivity index (χ0n) is 11.8. The summed E-state index contributed by atoms with van der Waals surface area (Å²) in [5.41, 5.74) is 7.20. The minimum Gasteiger partial charge on any atom is -0.258 e. The van der Waals surface area contributed by atoms with Gasteiger partial charge >= 0.3 is 6.03 Å². The molecule has 0 aliphatic carbocycles. The standard InChI is InChI=1S/C13H21N5O/c1-9(2)17-13(19)18(10(3)4)16-12(15-17)11-7-5-6-8-14-11/h5-10,12,15-16H,1-4H3. The maximum atomic E-state index is 12.3. The van der Waals surface area contributed by atoms with E-state index in [4.69, 9.17) is 0 Å². The topological polar surface area (TPSA) is 60.5 Å². The lowest BCUT2D eigenvalue weighted by atomic mass is 10.2. The van der Waals surface area contributed by atoms with Crippen LogP contribution in [0.15, 0.2) is 24.4 Å². The van der Waals surface area contributed by atoms with Crippen molar-refractivity contribution in [3.63, 3.8) is 0 Å². The Balaban J connectivity index is 2.25. The number of hydrogen-bond donors (Lipinski definition) is 2. The van der Waals surface area contributed by atoms with Crippen molar-refractivity contribution in [2.45, 2.75) is 45.9 Å². The van der Waals surface area contributed by atoms with Crippen LogP contribution in [-0.4, -0.2) is 33.1 Å². The van der Waals surface area contributed by atoms with Gasteiger partial charge in [0, 0.05) is 18.3 Å². The number of urea groups is 1. The van der Waals surface area contributed by atoms with Crippen LogP contribution in [-0.2, 0) is 0 Å². The molecule has 0 radical (unpaired) electrons. The number of pyridine rings is 1. The summed E-state index contributed by atoms with van der Waals surface area (Å²) in [6.45, 7) is 7.91. The van der Waals surface area contributed by atoms with Crippen LogP contribution in [0.3, 0.4) is 0 Å². The van der Waals surface area contributed by atoms with Gasteiger partial charge in [-0.2, -0.15) is 0 Å².